The average Bonchev–Trinajstić information content (AvgIpc) is 3.55. The second kappa shape index (κ2) is 21.5. The first-order valence-electron chi connectivity index (χ1n) is 25.0. The van der Waals surface area contributed by atoms with Gasteiger partial charge in [0.05, 0.1) is 24.3 Å². The standard InChI is InChI=1S/C53H76N2O13S2/c1-50(2,3)37-13-9-33(10-14-37)35(27-46(57)54-23-25-69(61,62)63)29-48(59)67-39-19-21-52(7)42-20-22-53(8)41(17-18-45(53)56)40(42)32-44(43(52)31-39)68-49(60)30-36(28-47(58)55-24-26-70(64,65)66)34-11-15-38(16-12-34)51(4,5)6/h9-16,35-36,39-44H,17-32H2,1-8H3,(H,54,57)(H,55,58)(H,61,62,63)(H,64,65,66)/t35?,36?,39-,40-,41-,42-,43?,44-,52+,53-/m0/s1. The summed E-state index contributed by atoms with van der Waals surface area (Å²) in [5, 5.41) is 5.09. The molecule has 6 rings (SSSR count). The maximum absolute atomic E-state index is 14.4. The number of fused-ring (bicyclic) bond motifs is 5. The Morgan fingerprint density at radius 2 is 1.11 bits per heavy atom. The molecule has 0 spiro atoms. The predicted octanol–water partition coefficient (Wildman–Crippen LogP) is 7.76. The first-order valence-corrected chi connectivity index (χ1v) is 28.2. The second-order valence-corrected chi connectivity index (χ2v) is 26.4. The lowest BCUT2D eigenvalue weighted by molar-refractivity contribution is -0.197. The van der Waals surface area contributed by atoms with Gasteiger partial charge in [0, 0.05) is 55.5 Å². The van der Waals surface area contributed by atoms with Gasteiger partial charge in [0.15, 0.2) is 0 Å². The highest BCUT2D eigenvalue weighted by Gasteiger charge is 2.63. The lowest BCUT2D eigenvalue weighted by Crippen LogP contribution is -2.59. The number of rotatable bonds is 18. The highest BCUT2D eigenvalue weighted by atomic mass is 32.2. The molecule has 0 bridgehead atoms. The van der Waals surface area contributed by atoms with E-state index in [1.165, 1.54) is 0 Å². The first kappa shape index (κ1) is 55.1. The smallest absolute Gasteiger partial charge is 0.306 e. The van der Waals surface area contributed by atoms with E-state index in [1.807, 2.05) is 48.5 Å². The van der Waals surface area contributed by atoms with Crippen LogP contribution in [-0.2, 0) is 64.5 Å². The van der Waals surface area contributed by atoms with Gasteiger partial charge in [-0.15, -0.1) is 0 Å². The zero-order valence-electron chi connectivity index (χ0n) is 42.3. The fraction of sp³-hybridized carbons (Fsp3) is 0.679. The van der Waals surface area contributed by atoms with Crippen LogP contribution in [0.2, 0.25) is 0 Å². The lowest BCUT2D eigenvalue weighted by atomic mass is 9.44. The normalized spacial score (nSPS) is 27.8. The SMILES string of the molecule is CC(C)(C)c1ccc(C(CC(=O)NCCS(=O)(=O)O)CC(=O)O[C@H]2CC[C@@]3(C)C(C2)[C@@H](OC(=O)CC(CC(=O)NCCS(=O)(=O)O)c2ccc(C(C)(C)C)cc2)C[C@@H]2[C@@H]3CC[C@]3(C)C(=O)CC[C@@H]23)cc1. The molecular weight excluding hydrogens is 937 g/mol. The molecule has 15 nitrogen and oxygen atoms in total. The number of carbonyl (C=O) groups excluding carboxylic acids is 5. The third-order valence-corrected chi connectivity index (χ3v) is 17.9. The summed E-state index contributed by atoms with van der Waals surface area (Å²) in [6.07, 6.45) is 3.60. The van der Waals surface area contributed by atoms with E-state index in [-0.39, 0.29) is 78.7 Å². The van der Waals surface area contributed by atoms with E-state index in [4.69, 9.17) is 9.47 Å². The summed E-state index contributed by atoms with van der Waals surface area (Å²) < 4.78 is 76.7. The minimum absolute atomic E-state index is 0.127. The quantitative estimate of drug-likeness (QED) is 0.0826. The molecule has 4 fully saturated rings. The van der Waals surface area contributed by atoms with E-state index in [9.17, 15) is 49.9 Å². The van der Waals surface area contributed by atoms with E-state index in [0.29, 0.717) is 37.9 Å². The topological polar surface area (TPSA) is 237 Å². The molecule has 0 radical (unpaired) electrons. The van der Waals surface area contributed by atoms with Gasteiger partial charge < -0.3 is 20.1 Å². The predicted molar refractivity (Wildman–Crippen MR) is 265 cm³/mol. The van der Waals surface area contributed by atoms with Crippen molar-refractivity contribution in [2.45, 2.75) is 167 Å². The van der Waals surface area contributed by atoms with E-state index in [1.54, 1.807) is 0 Å². The van der Waals surface area contributed by atoms with Crippen LogP contribution >= 0.6 is 0 Å². The molecule has 2 aromatic rings. The Hall–Kier alpha value is -4.19. The van der Waals surface area contributed by atoms with Crippen molar-refractivity contribution in [3.8, 4) is 0 Å². The molecule has 0 heterocycles. The number of benzene rings is 2. The summed E-state index contributed by atoms with van der Waals surface area (Å²) in [5.74, 6) is -3.86. The number of amides is 2. The van der Waals surface area contributed by atoms with Gasteiger partial charge in [0.25, 0.3) is 20.2 Å². The van der Waals surface area contributed by atoms with Gasteiger partial charge in [-0.3, -0.25) is 33.1 Å². The Morgan fingerprint density at radius 3 is 1.57 bits per heavy atom. The fourth-order valence-electron chi connectivity index (χ4n) is 12.5. The van der Waals surface area contributed by atoms with Gasteiger partial charge in [-0.25, -0.2) is 0 Å². The van der Waals surface area contributed by atoms with Crippen LogP contribution in [0.15, 0.2) is 48.5 Å². The molecule has 70 heavy (non-hydrogen) atoms. The third-order valence-electron chi connectivity index (χ3n) is 16.4. The molecule has 10 atom stereocenters. The summed E-state index contributed by atoms with van der Waals surface area (Å²) in [6, 6.07) is 15.4. The van der Waals surface area contributed by atoms with Crippen molar-refractivity contribution in [2.24, 2.45) is 34.5 Å². The number of hydrogen-bond acceptors (Lipinski definition) is 11. The van der Waals surface area contributed by atoms with Crippen molar-refractivity contribution in [1.29, 1.82) is 0 Å². The number of hydrogen-bond donors (Lipinski definition) is 4. The zero-order valence-corrected chi connectivity index (χ0v) is 43.9. The van der Waals surface area contributed by atoms with Crippen LogP contribution in [0.5, 0.6) is 0 Å². The molecule has 4 saturated carbocycles. The summed E-state index contributed by atoms with van der Waals surface area (Å²) in [6.45, 7) is 16.3. The van der Waals surface area contributed by atoms with Crippen LogP contribution in [0.4, 0.5) is 0 Å². The van der Waals surface area contributed by atoms with Crippen molar-refractivity contribution in [2.75, 3.05) is 24.6 Å². The fourth-order valence-corrected chi connectivity index (χ4v) is 13.2. The first-order chi connectivity index (χ1) is 32.4. The van der Waals surface area contributed by atoms with E-state index in [2.05, 4.69) is 66.0 Å². The molecule has 388 valence electrons. The van der Waals surface area contributed by atoms with Crippen LogP contribution < -0.4 is 10.6 Å². The summed E-state index contributed by atoms with van der Waals surface area (Å²) in [5.41, 5.74) is 2.57. The molecule has 17 heteroatoms. The van der Waals surface area contributed by atoms with Crippen molar-refractivity contribution >= 4 is 49.8 Å². The van der Waals surface area contributed by atoms with Crippen LogP contribution in [-0.4, -0.2) is 92.3 Å². The lowest BCUT2D eigenvalue weighted by Gasteiger charge is -2.61. The highest BCUT2D eigenvalue weighted by molar-refractivity contribution is 7.86. The Balaban J connectivity index is 1.23. The maximum Gasteiger partial charge on any atom is 0.306 e. The Morgan fingerprint density at radius 1 is 0.643 bits per heavy atom. The molecule has 4 aliphatic carbocycles. The number of ketones is 1. The maximum atomic E-state index is 14.4. The Kier molecular flexibility index (Phi) is 16.9. The van der Waals surface area contributed by atoms with Crippen LogP contribution in [0.3, 0.4) is 0 Å². The molecule has 2 amide bonds. The van der Waals surface area contributed by atoms with E-state index in [0.717, 1.165) is 41.5 Å². The minimum Gasteiger partial charge on any atom is -0.462 e. The van der Waals surface area contributed by atoms with Crippen LogP contribution in [0.1, 0.15) is 167 Å². The van der Waals surface area contributed by atoms with Gasteiger partial charge >= 0.3 is 11.9 Å². The van der Waals surface area contributed by atoms with Crippen molar-refractivity contribution < 1.29 is 59.4 Å². The third kappa shape index (κ3) is 13.9. The molecule has 0 saturated heterocycles. The van der Waals surface area contributed by atoms with E-state index >= 15 is 0 Å². The summed E-state index contributed by atoms with van der Waals surface area (Å²) in [4.78, 5) is 68.3. The van der Waals surface area contributed by atoms with Crippen molar-refractivity contribution in [3.05, 3.63) is 70.8 Å². The van der Waals surface area contributed by atoms with Crippen LogP contribution in [0, 0.1) is 34.5 Å². The largest absolute Gasteiger partial charge is 0.462 e. The average molecular weight is 1010 g/mol. The summed E-state index contributed by atoms with van der Waals surface area (Å²) in [7, 11) is -8.60. The van der Waals surface area contributed by atoms with Gasteiger partial charge in [-0.1, -0.05) is 104 Å². The molecule has 4 aliphatic rings. The highest BCUT2D eigenvalue weighted by Crippen LogP contribution is 2.66. The molecular formula is C53H76N2O13S2. The molecule has 0 aliphatic heterocycles. The zero-order chi connectivity index (χ0) is 51.6. The molecule has 0 aromatic heterocycles. The van der Waals surface area contributed by atoms with Gasteiger partial charge in [-0.2, -0.15) is 16.8 Å². The number of carbonyl (C=O) groups is 5. The van der Waals surface area contributed by atoms with Gasteiger partial charge in [0.2, 0.25) is 11.8 Å². The van der Waals surface area contributed by atoms with Crippen molar-refractivity contribution in [3.63, 3.8) is 0 Å². The Bertz CT molecular complexity index is 2460. The second-order valence-electron chi connectivity index (χ2n) is 23.3. The Labute approximate surface area is 415 Å². The van der Waals surface area contributed by atoms with Crippen LogP contribution in [0.25, 0.3) is 0 Å². The van der Waals surface area contributed by atoms with Crippen molar-refractivity contribution in [1.82, 2.24) is 10.6 Å². The van der Waals surface area contributed by atoms with E-state index < -0.39 is 85.0 Å². The number of esters is 2. The number of Topliss-reactive ketones (excluding diaryl/α,β-unsaturated/α-hetero) is 1. The minimum atomic E-state index is -4.31. The molecule has 3 unspecified atom stereocenters. The number of ether oxygens (including phenoxy) is 2. The molecule has 4 N–H and O–H groups in total. The monoisotopic (exact) mass is 1010 g/mol. The van der Waals surface area contributed by atoms with Gasteiger partial charge in [0.1, 0.15) is 18.0 Å². The summed E-state index contributed by atoms with van der Waals surface area (Å²) >= 11 is 0. The van der Waals surface area contributed by atoms with Gasteiger partial charge in [-0.05, 0) is 101 Å². The molecule has 2 aromatic carbocycles. The number of nitrogens with one attached hydrogen (secondary N) is 2.